The van der Waals surface area contributed by atoms with E-state index in [1.807, 2.05) is 4.90 Å². The molecule has 0 aliphatic carbocycles. The average molecular weight is 554 g/mol. The van der Waals surface area contributed by atoms with Crippen LogP contribution in [0.2, 0.25) is 0 Å². The number of halogens is 4. The number of alkyl halides is 2. The first kappa shape index (κ1) is 28.5. The molecule has 0 saturated carbocycles. The van der Waals surface area contributed by atoms with E-state index in [2.05, 4.69) is 20.3 Å². The molecule has 1 saturated heterocycles. The van der Waals surface area contributed by atoms with E-state index < -0.39 is 42.0 Å². The Morgan fingerprint density at radius 1 is 1.31 bits per heavy atom. The summed E-state index contributed by atoms with van der Waals surface area (Å²) in [7, 11) is 1.40. The van der Waals surface area contributed by atoms with E-state index in [1.54, 1.807) is 20.8 Å². The fourth-order valence-corrected chi connectivity index (χ4v) is 4.86. The molecule has 212 valence electrons. The van der Waals surface area contributed by atoms with Gasteiger partial charge in [-0.3, -0.25) is 14.5 Å². The largest absolute Gasteiger partial charge is 0.444 e. The van der Waals surface area contributed by atoms with Gasteiger partial charge in [-0.05, 0) is 45.4 Å². The molecule has 2 aliphatic rings. The minimum Gasteiger partial charge on any atom is -0.444 e. The van der Waals surface area contributed by atoms with Crippen molar-refractivity contribution in [1.29, 1.82) is 0 Å². The van der Waals surface area contributed by atoms with Gasteiger partial charge < -0.3 is 20.5 Å². The highest BCUT2D eigenvalue weighted by molar-refractivity contribution is 6.00. The highest BCUT2D eigenvalue weighted by atomic mass is 19.3. The molecule has 0 spiro atoms. The number of nitrogens with two attached hydrogens (primary N) is 1. The van der Waals surface area contributed by atoms with Crippen molar-refractivity contribution in [2.45, 2.75) is 70.6 Å². The highest BCUT2D eigenvalue weighted by Gasteiger charge is 2.41. The van der Waals surface area contributed by atoms with Gasteiger partial charge in [0.1, 0.15) is 23.3 Å². The predicted octanol–water partition coefficient (Wildman–Crippen LogP) is 3.66. The molecule has 4 rings (SSSR count). The summed E-state index contributed by atoms with van der Waals surface area (Å²) in [6.45, 7) is 2.61. The first-order valence-electron chi connectivity index (χ1n) is 12.3. The second-order valence-electron chi connectivity index (χ2n) is 10.3. The monoisotopic (exact) mass is 553 g/mol. The number of aliphatic imine (C=N–C) groups is 2. The summed E-state index contributed by atoms with van der Waals surface area (Å²) in [5, 5.41) is 2.73. The van der Waals surface area contributed by atoms with Crippen LogP contribution in [0, 0.1) is 11.6 Å². The topological polar surface area (TPSA) is 119 Å². The van der Waals surface area contributed by atoms with E-state index in [0.29, 0.717) is 11.4 Å². The zero-order chi connectivity index (χ0) is 28.5. The van der Waals surface area contributed by atoms with Crippen LogP contribution >= 0.6 is 0 Å². The fraction of sp³-hybridized carbons (Fsp3) is 0.520. The maximum absolute atomic E-state index is 14.7. The van der Waals surface area contributed by atoms with Crippen molar-refractivity contribution in [3.05, 3.63) is 52.6 Å². The number of imidazole rings is 1. The molecule has 3 atom stereocenters. The summed E-state index contributed by atoms with van der Waals surface area (Å²) in [6.07, 6.45) is -0.526. The summed E-state index contributed by atoms with van der Waals surface area (Å²) in [5.41, 5.74) is 5.22. The standard InChI is InChI=1S/C25H31F4N7O3/c1-25(2,3)39-24(37)34-17-8-14(11-38-20(17)15-7-13(26)5-6-16(15)27)35-9-18-19(10-35)36(23(28)29)22(33-18)21(31-4)32-12-30/h5-7,12,14,17,20,23H,8-11H2,1-4H3,(H,34,37)(H2,30,31,32)/t14?,17-,20+/m0/s1. The Bertz CT molecular complexity index is 1280. The van der Waals surface area contributed by atoms with Gasteiger partial charge >= 0.3 is 12.6 Å². The van der Waals surface area contributed by atoms with Crippen molar-refractivity contribution in [1.82, 2.24) is 19.8 Å². The zero-order valence-electron chi connectivity index (χ0n) is 22.0. The molecule has 2 aromatic rings. The second-order valence-corrected chi connectivity index (χ2v) is 10.3. The number of nitrogens with one attached hydrogen (secondary N) is 1. The molecule has 14 heteroatoms. The van der Waals surface area contributed by atoms with Crippen molar-refractivity contribution in [3.8, 4) is 0 Å². The summed E-state index contributed by atoms with van der Waals surface area (Å²) >= 11 is 0. The Morgan fingerprint density at radius 2 is 2.05 bits per heavy atom. The Hall–Kier alpha value is -3.52. The van der Waals surface area contributed by atoms with E-state index in [9.17, 15) is 22.4 Å². The van der Waals surface area contributed by atoms with Crippen LogP contribution in [0.5, 0.6) is 0 Å². The molecule has 1 amide bonds. The SMILES string of the molecule is CN=C(N=CN)c1nc2c(n1C(F)F)CN(C1CO[C@H](c3cc(F)ccc3F)[C@@H](NC(=O)OC(C)(C)C)C1)C2. The van der Waals surface area contributed by atoms with Gasteiger partial charge in [-0.25, -0.2) is 23.6 Å². The van der Waals surface area contributed by atoms with E-state index in [0.717, 1.165) is 29.1 Å². The average Bonchev–Trinajstić information content (AvgIpc) is 3.41. The number of rotatable bonds is 5. The van der Waals surface area contributed by atoms with Gasteiger partial charge in [0, 0.05) is 31.7 Å². The smallest absolute Gasteiger partial charge is 0.407 e. The van der Waals surface area contributed by atoms with Gasteiger partial charge in [0.15, 0.2) is 11.7 Å². The number of carbonyl (C=O) groups excluding carboxylic acids is 1. The molecular formula is C25H31F4N7O3. The maximum Gasteiger partial charge on any atom is 0.407 e. The van der Waals surface area contributed by atoms with Crippen LogP contribution in [-0.4, -0.2) is 64.1 Å². The molecule has 39 heavy (non-hydrogen) atoms. The molecule has 1 aromatic heterocycles. The quantitative estimate of drug-likeness (QED) is 0.332. The molecule has 1 unspecified atom stereocenters. The molecule has 3 heterocycles. The van der Waals surface area contributed by atoms with Crippen LogP contribution in [0.3, 0.4) is 0 Å². The fourth-order valence-electron chi connectivity index (χ4n) is 4.86. The van der Waals surface area contributed by atoms with E-state index in [-0.39, 0.29) is 49.4 Å². The number of ether oxygens (including phenoxy) is 2. The van der Waals surface area contributed by atoms with Gasteiger partial charge in [-0.2, -0.15) is 8.78 Å². The molecular weight excluding hydrogens is 522 g/mol. The predicted molar refractivity (Wildman–Crippen MR) is 134 cm³/mol. The van der Waals surface area contributed by atoms with E-state index in [1.165, 1.54) is 7.05 Å². The number of carbonyl (C=O) groups is 1. The van der Waals surface area contributed by atoms with Crippen LogP contribution in [0.15, 0.2) is 28.2 Å². The third-order valence-electron chi connectivity index (χ3n) is 6.45. The number of benzene rings is 1. The number of nitrogens with zero attached hydrogens (tertiary/aromatic N) is 5. The lowest BCUT2D eigenvalue weighted by Gasteiger charge is -2.40. The number of aromatic nitrogens is 2. The lowest BCUT2D eigenvalue weighted by atomic mass is 9.92. The first-order valence-corrected chi connectivity index (χ1v) is 12.3. The van der Waals surface area contributed by atoms with E-state index in [4.69, 9.17) is 15.2 Å². The summed E-state index contributed by atoms with van der Waals surface area (Å²) < 4.78 is 69.0. The molecule has 1 aromatic carbocycles. The van der Waals surface area contributed by atoms with Gasteiger partial charge in [-0.15, -0.1) is 0 Å². The lowest BCUT2D eigenvalue weighted by Crippen LogP contribution is -2.52. The van der Waals surface area contributed by atoms with Crippen molar-refractivity contribution < 1.29 is 31.8 Å². The van der Waals surface area contributed by atoms with Crippen molar-refractivity contribution in [3.63, 3.8) is 0 Å². The number of amidine groups is 1. The minimum absolute atomic E-state index is 0.0265. The van der Waals surface area contributed by atoms with Crippen molar-refractivity contribution >= 4 is 18.3 Å². The van der Waals surface area contributed by atoms with Gasteiger partial charge in [-0.1, -0.05) is 0 Å². The van der Waals surface area contributed by atoms with Gasteiger partial charge in [0.2, 0.25) is 0 Å². The summed E-state index contributed by atoms with van der Waals surface area (Å²) in [6, 6.07) is 1.87. The van der Waals surface area contributed by atoms with Crippen LogP contribution in [-0.2, 0) is 22.6 Å². The normalized spacial score (nSPS) is 22.5. The van der Waals surface area contributed by atoms with Crippen LogP contribution in [0.1, 0.15) is 62.6 Å². The van der Waals surface area contributed by atoms with Crippen LogP contribution in [0.4, 0.5) is 22.4 Å². The maximum atomic E-state index is 14.7. The molecule has 0 bridgehead atoms. The Balaban J connectivity index is 1.58. The minimum atomic E-state index is -2.90. The van der Waals surface area contributed by atoms with Crippen molar-refractivity contribution in [2.24, 2.45) is 15.7 Å². The number of fused-ring (bicyclic) bond motifs is 1. The van der Waals surface area contributed by atoms with Crippen LogP contribution in [0.25, 0.3) is 0 Å². The van der Waals surface area contributed by atoms with Gasteiger partial charge in [0.05, 0.1) is 30.4 Å². The number of amides is 1. The van der Waals surface area contributed by atoms with Crippen LogP contribution < -0.4 is 11.1 Å². The Morgan fingerprint density at radius 3 is 2.69 bits per heavy atom. The second kappa shape index (κ2) is 11.3. The summed E-state index contributed by atoms with van der Waals surface area (Å²) in [4.78, 5) is 26.6. The molecule has 3 N–H and O–H groups in total. The zero-order valence-corrected chi connectivity index (χ0v) is 22.0. The molecule has 0 radical (unpaired) electrons. The summed E-state index contributed by atoms with van der Waals surface area (Å²) in [5.74, 6) is -1.45. The number of hydrogen-bond donors (Lipinski definition) is 2. The number of hydrogen-bond acceptors (Lipinski definition) is 6. The number of alkyl carbamates (subject to hydrolysis) is 1. The molecule has 10 nitrogen and oxygen atoms in total. The molecule has 2 aliphatic heterocycles. The first-order chi connectivity index (χ1) is 18.4. The highest BCUT2D eigenvalue weighted by Crippen LogP contribution is 2.36. The lowest BCUT2D eigenvalue weighted by molar-refractivity contribution is -0.0634. The molecule has 1 fully saturated rings. The third kappa shape index (κ3) is 6.22. The third-order valence-corrected chi connectivity index (χ3v) is 6.45. The Labute approximate surface area is 222 Å². The van der Waals surface area contributed by atoms with Crippen molar-refractivity contribution in [2.75, 3.05) is 13.7 Å². The van der Waals surface area contributed by atoms with Gasteiger partial charge in [0.25, 0.3) is 0 Å². The van der Waals surface area contributed by atoms with E-state index >= 15 is 0 Å². The Kier molecular flexibility index (Phi) is 8.25.